The van der Waals surface area contributed by atoms with Crippen molar-refractivity contribution in [3.05, 3.63) is 33.9 Å². The third-order valence-electron chi connectivity index (χ3n) is 2.95. The lowest BCUT2D eigenvalue weighted by Crippen LogP contribution is -2.36. The molecule has 1 aliphatic rings. The second kappa shape index (κ2) is 6.66. The minimum Gasteiger partial charge on any atom is -0.378 e. The molecule has 1 fully saturated rings. The number of hydrogen-bond donors (Lipinski definition) is 2. The van der Waals surface area contributed by atoms with Gasteiger partial charge in [0.05, 0.1) is 24.4 Å². The van der Waals surface area contributed by atoms with E-state index in [0.29, 0.717) is 31.9 Å². The molecule has 1 aromatic rings. The summed E-state index contributed by atoms with van der Waals surface area (Å²) in [4.78, 5) is 23.0. The lowest BCUT2D eigenvalue weighted by molar-refractivity contribution is -0.384. The Bertz CT molecular complexity index is 569. The predicted molar refractivity (Wildman–Crippen MR) is 76.4 cm³/mol. The van der Waals surface area contributed by atoms with Crippen LogP contribution in [-0.2, 0) is 4.74 Å². The van der Waals surface area contributed by atoms with Crippen LogP contribution in [0.3, 0.4) is 0 Å². The summed E-state index contributed by atoms with van der Waals surface area (Å²) in [5, 5.41) is 14.5. The minimum atomic E-state index is -0.801. The van der Waals surface area contributed by atoms with Crippen molar-refractivity contribution < 1.29 is 14.5 Å². The van der Waals surface area contributed by atoms with Crippen molar-refractivity contribution in [3.63, 3.8) is 0 Å². The van der Waals surface area contributed by atoms with Gasteiger partial charge in [-0.3, -0.25) is 10.1 Å². The van der Waals surface area contributed by atoms with Crippen LogP contribution in [0.2, 0.25) is 0 Å². The number of hydrogen-bond acceptors (Lipinski definition) is 6. The van der Waals surface area contributed by atoms with Gasteiger partial charge in [-0.1, -0.05) is 0 Å². The van der Waals surface area contributed by atoms with Gasteiger partial charge in [0.2, 0.25) is 0 Å². The summed E-state index contributed by atoms with van der Waals surface area (Å²) in [6, 6.07) is 3.69. The second-order valence-electron chi connectivity index (χ2n) is 4.33. The zero-order valence-electron chi connectivity index (χ0n) is 11.2. The average Bonchev–Trinajstić information content (AvgIpc) is 2.47. The third-order valence-corrected chi connectivity index (χ3v) is 2.95. The molecule has 0 bridgehead atoms. The minimum absolute atomic E-state index is 0.0486. The van der Waals surface area contributed by atoms with Crippen molar-refractivity contribution in [3.8, 4) is 0 Å². The predicted octanol–water partition coefficient (Wildman–Crippen LogP) is 0.434. The van der Waals surface area contributed by atoms with E-state index in [4.69, 9.17) is 10.5 Å². The molecule has 0 spiro atoms. The number of non-ortho nitro benzene ring substituents is 1. The van der Waals surface area contributed by atoms with Crippen LogP contribution in [0, 0.1) is 10.1 Å². The molecule has 3 N–H and O–H groups in total. The molecule has 0 radical (unpaired) electrons. The SMILES string of the molecule is NC(=O)N/N=C\c1cc([N+](=O)[O-])ccc1N1CCOCC1. The molecular weight excluding hydrogens is 278 g/mol. The molecule has 1 saturated heterocycles. The number of ether oxygens (including phenoxy) is 1. The summed E-state index contributed by atoms with van der Waals surface area (Å²) in [5.74, 6) is 0. The lowest BCUT2D eigenvalue weighted by Gasteiger charge is -2.29. The first-order chi connectivity index (χ1) is 10.1. The van der Waals surface area contributed by atoms with E-state index in [1.54, 1.807) is 6.07 Å². The number of anilines is 1. The Morgan fingerprint density at radius 2 is 2.19 bits per heavy atom. The number of morpholine rings is 1. The summed E-state index contributed by atoms with van der Waals surface area (Å²) >= 11 is 0. The standard InChI is InChI=1S/C12H15N5O4/c13-12(18)15-14-8-9-7-10(17(19)20)1-2-11(9)16-3-5-21-6-4-16/h1-2,7-8H,3-6H2,(H3,13,15,18)/b14-8-. The van der Waals surface area contributed by atoms with Crippen LogP contribution >= 0.6 is 0 Å². The number of carbonyl (C=O) groups is 1. The van der Waals surface area contributed by atoms with E-state index in [2.05, 4.69) is 10.5 Å². The second-order valence-corrected chi connectivity index (χ2v) is 4.33. The van der Waals surface area contributed by atoms with Crippen molar-refractivity contribution in [2.24, 2.45) is 10.8 Å². The Labute approximate surface area is 120 Å². The van der Waals surface area contributed by atoms with E-state index in [0.717, 1.165) is 5.69 Å². The Balaban J connectivity index is 2.30. The van der Waals surface area contributed by atoms with Gasteiger partial charge in [-0.15, -0.1) is 0 Å². The summed E-state index contributed by atoms with van der Waals surface area (Å²) in [7, 11) is 0. The highest BCUT2D eigenvalue weighted by Crippen LogP contribution is 2.25. The molecule has 0 aliphatic carbocycles. The molecule has 112 valence electrons. The Morgan fingerprint density at radius 1 is 1.48 bits per heavy atom. The zero-order valence-corrected chi connectivity index (χ0v) is 11.2. The molecule has 1 aromatic carbocycles. The zero-order chi connectivity index (χ0) is 15.2. The van der Waals surface area contributed by atoms with Gasteiger partial charge in [0.15, 0.2) is 0 Å². The number of hydrazone groups is 1. The van der Waals surface area contributed by atoms with Crippen LogP contribution in [0.1, 0.15) is 5.56 Å². The van der Waals surface area contributed by atoms with Crippen molar-refractivity contribution in [2.45, 2.75) is 0 Å². The summed E-state index contributed by atoms with van der Waals surface area (Å²) in [6.07, 6.45) is 1.34. The maximum Gasteiger partial charge on any atom is 0.332 e. The summed E-state index contributed by atoms with van der Waals surface area (Å²) < 4.78 is 5.28. The maximum atomic E-state index is 10.9. The number of nitro groups is 1. The van der Waals surface area contributed by atoms with Crippen LogP contribution < -0.4 is 16.1 Å². The van der Waals surface area contributed by atoms with Gasteiger partial charge in [0.25, 0.3) is 5.69 Å². The van der Waals surface area contributed by atoms with Gasteiger partial charge in [0, 0.05) is 36.5 Å². The fourth-order valence-electron chi connectivity index (χ4n) is 2.02. The van der Waals surface area contributed by atoms with Crippen molar-refractivity contribution in [2.75, 3.05) is 31.2 Å². The number of urea groups is 1. The van der Waals surface area contributed by atoms with Crippen molar-refractivity contribution in [1.82, 2.24) is 5.43 Å². The number of primary amides is 1. The summed E-state index contributed by atoms with van der Waals surface area (Å²) in [5.41, 5.74) is 8.25. The fraction of sp³-hybridized carbons (Fsp3) is 0.333. The number of benzene rings is 1. The number of nitro benzene ring substituents is 1. The number of nitrogens with two attached hydrogens (primary N) is 1. The van der Waals surface area contributed by atoms with Crippen molar-refractivity contribution >= 4 is 23.6 Å². The molecule has 0 saturated carbocycles. The van der Waals surface area contributed by atoms with Crippen LogP contribution in [-0.4, -0.2) is 43.5 Å². The fourth-order valence-corrected chi connectivity index (χ4v) is 2.02. The van der Waals surface area contributed by atoms with E-state index in [-0.39, 0.29) is 5.69 Å². The normalized spacial score (nSPS) is 15.1. The third kappa shape index (κ3) is 3.89. The molecule has 9 nitrogen and oxygen atoms in total. The monoisotopic (exact) mass is 293 g/mol. The number of rotatable bonds is 4. The largest absolute Gasteiger partial charge is 0.378 e. The lowest BCUT2D eigenvalue weighted by atomic mass is 10.1. The molecule has 1 heterocycles. The van der Waals surface area contributed by atoms with Crippen molar-refractivity contribution in [1.29, 1.82) is 0 Å². The maximum absolute atomic E-state index is 10.9. The average molecular weight is 293 g/mol. The molecule has 2 amide bonds. The van der Waals surface area contributed by atoms with Gasteiger partial charge in [-0.05, 0) is 6.07 Å². The molecule has 0 atom stereocenters. The number of nitrogens with zero attached hydrogens (tertiary/aromatic N) is 3. The highest BCUT2D eigenvalue weighted by molar-refractivity contribution is 5.90. The van der Waals surface area contributed by atoms with Gasteiger partial charge < -0.3 is 15.4 Å². The Kier molecular flexibility index (Phi) is 4.67. The molecular formula is C12H15N5O4. The first-order valence-corrected chi connectivity index (χ1v) is 6.27. The van der Waals surface area contributed by atoms with Crippen LogP contribution in [0.5, 0.6) is 0 Å². The Morgan fingerprint density at radius 3 is 2.81 bits per heavy atom. The smallest absolute Gasteiger partial charge is 0.332 e. The first kappa shape index (κ1) is 14.7. The molecule has 1 aliphatic heterocycles. The first-order valence-electron chi connectivity index (χ1n) is 6.27. The van der Waals surface area contributed by atoms with E-state index in [1.807, 2.05) is 4.90 Å². The van der Waals surface area contributed by atoms with Crippen LogP contribution in [0.15, 0.2) is 23.3 Å². The molecule has 0 unspecified atom stereocenters. The Hall–Kier alpha value is -2.68. The van der Waals surface area contributed by atoms with Crippen LogP contribution in [0.4, 0.5) is 16.2 Å². The van der Waals surface area contributed by atoms with Gasteiger partial charge >= 0.3 is 6.03 Å². The number of amides is 2. The van der Waals surface area contributed by atoms with Gasteiger partial charge in [-0.2, -0.15) is 5.10 Å². The van der Waals surface area contributed by atoms with Gasteiger partial charge in [-0.25, -0.2) is 10.2 Å². The molecule has 9 heteroatoms. The van der Waals surface area contributed by atoms with E-state index >= 15 is 0 Å². The summed E-state index contributed by atoms with van der Waals surface area (Å²) in [6.45, 7) is 2.55. The number of carbonyl (C=O) groups excluding carboxylic acids is 1. The quantitative estimate of drug-likeness (QED) is 0.473. The molecule has 0 aromatic heterocycles. The topological polar surface area (TPSA) is 123 Å². The number of nitrogens with one attached hydrogen (secondary N) is 1. The van der Waals surface area contributed by atoms with Gasteiger partial charge in [0.1, 0.15) is 0 Å². The highest BCUT2D eigenvalue weighted by atomic mass is 16.6. The van der Waals surface area contributed by atoms with E-state index in [9.17, 15) is 14.9 Å². The van der Waals surface area contributed by atoms with Crippen LogP contribution in [0.25, 0.3) is 0 Å². The molecule has 2 rings (SSSR count). The highest BCUT2D eigenvalue weighted by Gasteiger charge is 2.17. The molecule has 21 heavy (non-hydrogen) atoms. The van der Waals surface area contributed by atoms with E-state index in [1.165, 1.54) is 18.3 Å². The van der Waals surface area contributed by atoms with E-state index < -0.39 is 11.0 Å².